The summed E-state index contributed by atoms with van der Waals surface area (Å²) in [5, 5.41) is 8.28. The largest absolute Gasteiger partial charge is 0.479 e. The summed E-state index contributed by atoms with van der Waals surface area (Å²) in [5.74, 6) is 0.402. The molecule has 0 aromatic heterocycles. The number of urea groups is 1. The Bertz CT molecular complexity index is 564. The van der Waals surface area contributed by atoms with Crippen molar-refractivity contribution in [2.45, 2.75) is 33.8 Å². The predicted molar refractivity (Wildman–Crippen MR) is 81.6 cm³/mol. The van der Waals surface area contributed by atoms with Crippen molar-refractivity contribution in [2.75, 3.05) is 17.2 Å². The smallest absolute Gasteiger partial charge is 0.319 e. The van der Waals surface area contributed by atoms with Gasteiger partial charge in [0, 0.05) is 12.2 Å². The van der Waals surface area contributed by atoms with Crippen LogP contribution in [0.25, 0.3) is 0 Å². The third-order valence-corrected chi connectivity index (χ3v) is 2.95. The molecule has 0 saturated carbocycles. The lowest BCUT2D eigenvalue weighted by atomic mass is 9.97. The molecule has 21 heavy (non-hydrogen) atoms. The Kier molecular flexibility index (Phi) is 4.06. The summed E-state index contributed by atoms with van der Waals surface area (Å²) >= 11 is 0. The minimum Gasteiger partial charge on any atom is -0.479 e. The van der Waals surface area contributed by atoms with E-state index in [0.29, 0.717) is 23.7 Å². The number of hydrogen-bond acceptors (Lipinski definition) is 3. The number of hydrogen-bond donors (Lipinski definition) is 3. The molecule has 2 rings (SSSR count). The minimum atomic E-state index is -0.508. The summed E-state index contributed by atoms with van der Waals surface area (Å²) in [5.41, 5.74) is 1.18. The molecule has 0 saturated heterocycles. The van der Waals surface area contributed by atoms with Crippen LogP contribution in [0.15, 0.2) is 18.2 Å². The molecule has 6 heteroatoms. The number of fused-ring (bicyclic) bond motifs is 1. The molecule has 1 heterocycles. The minimum absolute atomic E-state index is 0.0190. The lowest BCUT2D eigenvalue weighted by molar-refractivity contribution is -0.122. The van der Waals surface area contributed by atoms with Crippen LogP contribution in [0, 0.1) is 5.41 Å². The number of amides is 3. The summed E-state index contributed by atoms with van der Waals surface area (Å²) in [7, 11) is 0. The second kappa shape index (κ2) is 5.63. The van der Waals surface area contributed by atoms with E-state index in [4.69, 9.17) is 4.74 Å². The van der Waals surface area contributed by atoms with Crippen LogP contribution in [0.2, 0.25) is 0 Å². The van der Waals surface area contributed by atoms with Crippen LogP contribution in [0.1, 0.15) is 27.7 Å². The molecule has 3 amide bonds. The molecule has 1 aliphatic heterocycles. The first-order valence-electron chi connectivity index (χ1n) is 6.91. The van der Waals surface area contributed by atoms with Crippen LogP contribution in [-0.4, -0.2) is 24.6 Å². The number of rotatable bonds is 2. The van der Waals surface area contributed by atoms with Crippen molar-refractivity contribution in [3.63, 3.8) is 0 Å². The van der Waals surface area contributed by atoms with Gasteiger partial charge in [-0.2, -0.15) is 0 Å². The van der Waals surface area contributed by atoms with Crippen molar-refractivity contribution < 1.29 is 14.3 Å². The Morgan fingerprint density at radius 3 is 2.76 bits per heavy atom. The van der Waals surface area contributed by atoms with Crippen LogP contribution < -0.4 is 20.7 Å². The Hall–Kier alpha value is -2.24. The Morgan fingerprint density at radius 1 is 1.38 bits per heavy atom. The topological polar surface area (TPSA) is 79.5 Å². The van der Waals surface area contributed by atoms with Gasteiger partial charge in [-0.3, -0.25) is 4.79 Å². The Balaban J connectivity index is 2.01. The average Bonchev–Trinajstić information content (AvgIpc) is 2.37. The highest BCUT2D eigenvalue weighted by Gasteiger charge is 2.23. The SMILES string of the molecule is CC1Oc2ccc(NC(=O)NCC(C)(C)C)cc2NC1=O. The molecule has 1 aromatic rings. The predicted octanol–water partition coefficient (Wildman–Crippen LogP) is 2.57. The first kappa shape index (κ1) is 15.2. The number of ether oxygens (including phenoxy) is 1. The van der Waals surface area contributed by atoms with Crippen LogP contribution >= 0.6 is 0 Å². The first-order valence-corrected chi connectivity index (χ1v) is 6.91. The van der Waals surface area contributed by atoms with Gasteiger partial charge >= 0.3 is 6.03 Å². The molecule has 0 radical (unpaired) electrons. The molecular weight excluding hydrogens is 270 g/mol. The van der Waals surface area contributed by atoms with E-state index < -0.39 is 6.10 Å². The van der Waals surface area contributed by atoms with E-state index in [1.807, 2.05) is 20.8 Å². The monoisotopic (exact) mass is 291 g/mol. The highest BCUT2D eigenvalue weighted by Crippen LogP contribution is 2.32. The van der Waals surface area contributed by atoms with Gasteiger partial charge in [0.15, 0.2) is 6.10 Å². The lowest BCUT2D eigenvalue weighted by Crippen LogP contribution is -2.36. The number of benzene rings is 1. The van der Waals surface area contributed by atoms with Gasteiger partial charge in [-0.1, -0.05) is 20.8 Å². The van der Waals surface area contributed by atoms with Gasteiger partial charge in [0.1, 0.15) is 5.75 Å². The van der Waals surface area contributed by atoms with Gasteiger partial charge in [-0.15, -0.1) is 0 Å². The summed E-state index contributed by atoms with van der Waals surface area (Å²) in [6, 6.07) is 4.86. The summed E-state index contributed by atoms with van der Waals surface area (Å²) < 4.78 is 5.46. The Labute approximate surface area is 124 Å². The lowest BCUT2D eigenvalue weighted by Gasteiger charge is -2.24. The van der Waals surface area contributed by atoms with Gasteiger partial charge < -0.3 is 20.7 Å². The van der Waals surface area contributed by atoms with Gasteiger partial charge in [0.2, 0.25) is 0 Å². The molecule has 1 atom stereocenters. The van der Waals surface area contributed by atoms with Crippen molar-refractivity contribution in [3.05, 3.63) is 18.2 Å². The highest BCUT2D eigenvalue weighted by molar-refractivity contribution is 5.99. The van der Waals surface area contributed by atoms with E-state index in [-0.39, 0.29) is 17.4 Å². The van der Waals surface area contributed by atoms with E-state index in [2.05, 4.69) is 16.0 Å². The molecular formula is C15H21N3O3. The van der Waals surface area contributed by atoms with Crippen molar-refractivity contribution in [3.8, 4) is 5.75 Å². The highest BCUT2D eigenvalue weighted by atomic mass is 16.5. The molecule has 1 aromatic carbocycles. The Morgan fingerprint density at radius 2 is 2.10 bits per heavy atom. The van der Waals surface area contributed by atoms with Crippen molar-refractivity contribution in [2.24, 2.45) is 5.41 Å². The molecule has 114 valence electrons. The van der Waals surface area contributed by atoms with E-state index in [1.54, 1.807) is 25.1 Å². The molecule has 0 fully saturated rings. The van der Waals surface area contributed by atoms with Gasteiger partial charge in [-0.25, -0.2) is 4.79 Å². The number of nitrogens with one attached hydrogen (secondary N) is 3. The van der Waals surface area contributed by atoms with E-state index in [0.717, 1.165) is 0 Å². The van der Waals surface area contributed by atoms with Crippen LogP contribution in [0.3, 0.4) is 0 Å². The molecule has 1 aliphatic rings. The van der Waals surface area contributed by atoms with Gasteiger partial charge in [0.25, 0.3) is 5.91 Å². The van der Waals surface area contributed by atoms with E-state index in [1.165, 1.54) is 0 Å². The average molecular weight is 291 g/mol. The molecule has 0 spiro atoms. The quantitative estimate of drug-likeness (QED) is 0.783. The maximum absolute atomic E-state index is 11.8. The van der Waals surface area contributed by atoms with Crippen LogP contribution in [-0.2, 0) is 4.79 Å². The van der Waals surface area contributed by atoms with Crippen LogP contribution in [0.5, 0.6) is 5.75 Å². The standard InChI is InChI=1S/C15H21N3O3/c1-9-13(19)18-11-7-10(5-6-12(11)21-9)17-14(20)16-8-15(2,3)4/h5-7,9H,8H2,1-4H3,(H,18,19)(H2,16,17,20). The zero-order valence-corrected chi connectivity index (χ0v) is 12.7. The third kappa shape index (κ3) is 4.11. The molecule has 1 unspecified atom stereocenters. The van der Waals surface area contributed by atoms with Gasteiger partial charge in [-0.05, 0) is 30.5 Å². The fourth-order valence-electron chi connectivity index (χ4n) is 1.81. The number of carbonyl (C=O) groups is 2. The molecule has 6 nitrogen and oxygen atoms in total. The van der Waals surface area contributed by atoms with Crippen LogP contribution in [0.4, 0.5) is 16.2 Å². The molecule has 0 aliphatic carbocycles. The van der Waals surface area contributed by atoms with Crippen molar-refractivity contribution in [1.29, 1.82) is 0 Å². The van der Waals surface area contributed by atoms with Crippen molar-refractivity contribution in [1.82, 2.24) is 5.32 Å². The molecule has 3 N–H and O–H groups in total. The fraction of sp³-hybridized carbons (Fsp3) is 0.467. The maximum atomic E-state index is 11.8. The fourth-order valence-corrected chi connectivity index (χ4v) is 1.81. The summed E-state index contributed by atoms with van der Waals surface area (Å²) in [6.45, 7) is 8.38. The normalized spacial score (nSPS) is 17.3. The third-order valence-electron chi connectivity index (χ3n) is 2.95. The second-order valence-corrected chi connectivity index (χ2v) is 6.33. The summed E-state index contributed by atoms with van der Waals surface area (Å²) in [6.07, 6.45) is -0.508. The van der Waals surface area contributed by atoms with E-state index >= 15 is 0 Å². The maximum Gasteiger partial charge on any atom is 0.319 e. The zero-order chi connectivity index (χ0) is 15.6. The number of anilines is 2. The second-order valence-electron chi connectivity index (χ2n) is 6.33. The van der Waals surface area contributed by atoms with E-state index in [9.17, 15) is 9.59 Å². The summed E-state index contributed by atoms with van der Waals surface area (Å²) in [4.78, 5) is 23.4. The molecule has 0 bridgehead atoms. The zero-order valence-electron chi connectivity index (χ0n) is 12.7. The number of carbonyl (C=O) groups excluding carboxylic acids is 2. The first-order chi connectivity index (χ1) is 9.74. The van der Waals surface area contributed by atoms with Gasteiger partial charge in [0.05, 0.1) is 5.69 Å². The van der Waals surface area contributed by atoms with Crippen molar-refractivity contribution >= 4 is 23.3 Å².